The van der Waals surface area contributed by atoms with E-state index in [-0.39, 0.29) is 41.1 Å². The van der Waals surface area contributed by atoms with Crippen molar-refractivity contribution in [1.29, 1.82) is 0 Å². The number of nitrogens with one attached hydrogen (secondary N) is 1. The largest absolute Gasteiger partial charge is 0.462 e. The molecule has 0 unspecified atom stereocenters. The Balaban J connectivity index is 2.30. The molecular formula is C18H22BrN3O5S. The van der Waals surface area contributed by atoms with E-state index in [0.717, 1.165) is 21.5 Å². The highest BCUT2D eigenvalue weighted by Gasteiger charge is 2.27. The standard InChI is InChI=1S/C18H22BrN3O5S/c1-5-7-27-17(24)14-10(3)15(18(25)26-6-2)28-16(14)21-13(23)9-22-11(4)12(19)8-20-22/h8H,5-7,9H2,1-4H3,(H,21,23). The SMILES string of the molecule is CCCOC(=O)c1c(NC(=O)Cn2ncc(Br)c2C)sc(C(=O)OCC)c1C. The number of carbonyl (C=O) groups excluding carboxylic acids is 3. The Morgan fingerprint density at radius 1 is 1.21 bits per heavy atom. The molecule has 0 aliphatic rings. The van der Waals surface area contributed by atoms with E-state index in [4.69, 9.17) is 9.47 Å². The number of ether oxygens (including phenoxy) is 2. The molecule has 2 aromatic rings. The molecule has 8 nitrogen and oxygen atoms in total. The van der Waals surface area contributed by atoms with E-state index in [9.17, 15) is 14.4 Å². The average Bonchev–Trinajstić information content (AvgIpc) is 3.13. The van der Waals surface area contributed by atoms with Crippen LogP contribution in [-0.4, -0.2) is 40.8 Å². The highest BCUT2D eigenvalue weighted by Crippen LogP contribution is 2.34. The summed E-state index contributed by atoms with van der Waals surface area (Å²) in [6.07, 6.45) is 2.26. The van der Waals surface area contributed by atoms with Gasteiger partial charge in [-0.05, 0) is 48.7 Å². The van der Waals surface area contributed by atoms with Crippen LogP contribution in [0.5, 0.6) is 0 Å². The van der Waals surface area contributed by atoms with Gasteiger partial charge in [-0.3, -0.25) is 9.48 Å². The summed E-state index contributed by atoms with van der Waals surface area (Å²) in [6.45, 7) is 7.46. The first-order valence-electron chi connectivity index (χ1n) is 8.75. The van der Waals surface area contributed by atoms with Gasteiger partial charge < -0.3 is 14.8 Å². The molecule has 2 aromatic heterocycles. The fraction of sp³-hybridized carbons (Fsp3) is 0.444. The number of carbonyl (C=O) groups is 3. The predicted octanol–water partition coefficient (Wildman–Crippen LogP) is 3.71. The minimum atomic E-state index is -0.584. The second kappa shape index (κ2) is 9.83. The Hall–Kier alpha value is -2.20. The van der Waals surface area contributed by atoms with Gasteiger partial charge in [0, 0.05) is 0 Å². The molecule has 0 radical (unpaired) electrons. The molecule has 28 heavy (non-hydrogen) atoms. The Kier molecular flexibility index (Phi) is 7.76. The Labute approximate surface area is 175 Å². The summed E-state index contributed by atoms with van der Waals surface area (Å²) < 4.78 is 12.6. The van der Waals surface area contributed by atoms with Gasteiger partial charge in [-0.25, -0.2) is 9.59 Å². The van der Waals surface area contributed by atoms with Gasteiger partial charge in [-0.15, -0.1) is 11.3 Å². The first kappa shape index (κ1) is 22.1. The molecule has 10 heteroatoms. The van der Waals surface area contributed by atoms with E-state index in [1.165, 1.54) is 4.68 Å². The molecule has 2 rings (SSSR count). The zero-order valence-corrected chi connectivity index (χ0v) is 18.5. The van der Waals surface area contributed by atoms with Crippen LogP contribution in [0.2, 0.25) is 0 Å². The summed E-state index contributed by atoms with van der Waals surface area (Å²) in [5, 5.41) is 7.08. The van der Waals surface area contributed by atoms with Gasteiger partial charge >= 0.3 is 11.9 Å². The first-order chi connectivity index (χ1) is 13.3. The number of thiophene rings is 1. The molecule has 2 heterocycles. The number of halogens is 1. The maximum atomic E-state index is 12.5. The maximum Gasteiger partial charge on any atom is 0.348 e. The minimum Gasteiger partial charge on any atom is -0.462 e. The third-order valence-corrected chi connectivity index (χ3v) is 5.80. The summed E-state index contributed by atoms with van der Waals surface area (Å²) in [6, 6.07) is 0. The molecule has 0 spiro atoms. The van der Waals surface area contributed by atoms with E-state index in [0.29, 0.717) is 12.0 Å². The highest BCUT2D eigenvalue weighted by molar-refractivity contribution is 9.10. The number of rotatable bonds is 8. The third kappa shape index (κ3) is 4.99. The van der Waals surface area contributed by atoms with Gasteiger partial charge in [0.1, 0.15) is 16.4 Å². The lowest BCUT2D eigenvalue weighted by molar-refractivity contribution is -0.116. The van der Waals surface area contributed by atoms with Crippen molar-refractivity contribution in [3.8, 4) is 0 Å². The number of hydrogen-bond acceptors (Lipinski definition) is 7. The molecule has 0 saturated carbocycles. The van der Waals surface area contributed by atoms with Crippen molar-refractivity contribution in [2.75, 3.05) is 18.5 Å². The van der Waals surface area contributed by atoms with Crippen LogP contribution in [-0.2, 0) is 20.8 Å². The van der Waals surface area contributed by atoms with Crippen LogP contribution in [0.15, 0.2) is 10.7 Å². The van der Waals surface area contributed by atoms with Crippen LogP contribution in [0, 0.1) is 13.8 Å². The van der Waals surface area contributed by atoms with Crippen LogP contribution in [0.25, 0.3) is 0 Å². The van der Waals surface area contributed by atoms with Crippen molar-refractivity contribution in [2.24, 2.45) is 0 Å². The summed E-state index contributed by atoms with van der Waals surface area (Å²) >= 11 is 4.34. The van der Waals surface area contributed by atoms with Gasteiger partial charge in [0.15, 0.2) is 0 Å². The van der Waals surface area contributed by atoms with Gasteiger partial charge in [0.2, 0.25) is 5.91 Å². The number of aromatic nitrogens is 2. The van der Waals surface area contributed by atoms with E-state index < -0.39 is 11.9 Å². The molecule has 0 bridgehead atoms. The normalized spacial score (nSPS) is 10.6. The lowest BCUT2D eigenvalue weighted by Gasteiger charge is -2.08. The van der Waals surface area contributed by atoms with E-state index in [1.807, 2.05) is 13.8 Å². The number of hydrogen-bond donors (Lipinski definition) is 1. The van der Waals surface area contributed by atoms with Crippen molar-refractivity contribution >= 4 is 50.1 Å². The molecule has 1 amide bonds. The second-order valence-electron chi connectivity index (χ2n) is 5.90. The van der Waals surface area contributed by atoms with E-state index >= 15 is 0 Å². The fourth-order valence-corrected chi connectivity index (χ4v) is 3.79. The van der Waals surface area contributed by atoms with Crippen molar-refractivity contribution in [1.82, 2.24) is 9.78 Å². The van der Waals surface area contributed by atoms with Crippen LogP contribution in [0.1, 0.15) is 51.6 Å². The van der Waals surface area contributed by atoms with Crippen LogP contribution in [0.3, 0.4) is 0 Å². The van der Waals surface area contributed by atoms with Gasteiger partial charge in [0.05, 0.1) is 35.1 Å². The Morgan fingerprint density at radius 2 is 1.93 bits per heavy atom. The Bertz CT molecular complexity index is 890. The highest BCUT2D eigenvalue weighted by atomic mass is 79.9. The zero-order valence-electron chi connectivity index (χ0n) is 16.1. The fourth-order valence-electron chi connectivity index (χ4n) is 2.39. The quantitative estimate of drug-likeness (QED) is 0.589. The van der Waals surface area contributed by atoms with Crippen LogP contribution >= 0.6 is 27.3 Å². The number of nitrogens with zero attached hydrogens (tertiary/aromatic N) is 2. The maximum absolute atomic E-state index is 12.5. The molecule has 1 N–H and O–H groups in total. The third-order valence-electron chi connectivity index (χ3n) is 3.84. The zero-order chi connectivity index (χ0) is 20.8. The molecule has 0 aliphatic heterocycles. The van der Waals surface area contributed by atoms with Gasteiger partial charge in [-0.1, -0.05) is 6.92 Å². The van der Waals surface area contributed by atoms with Crippen molar-refractivity contribution in [2.45, 2.75) is 40.7 Å². The summed E-state index contributed by atoms with van der Waals surface area (Å²) in [5.41, 5.74) is 1.40. The topological polar surface area (TPSA) is 99.5 Å². The lowest BCUT2D eigenvalue weighted by Crippen LogP contribution is -2.21. The molecule has 0 atom stereocenters. The lowest BCUT2D eigenvalue weighted by atomic mass is 10.1. The van der Waals surface area contributed by atoms with Crippen molar-refractivity contribution < 1.29 is 23.9 Å². The smallest absolute Gasteiger partial charge is 0.348 e. The van der Waals surface area contributed by atoms with Crippen molar-refractivity contribution in [3.63, 3.8) is 0 Å². The molecule has 0 fully saturated rings. The van der Waals surface area contributed by atoms with Gasteiger partial charge in [-0.2, -0.15) is 5.10 Å². The molecular weight excluding hydrogens is 450 g/mol. The molecule has 0 aliphatic carbocycles. The average molecular weight is 472 g/mol. The molecule has 152 valence electrons. The van der Waals surface area contributed by atoms with Crippen LogP contribution in [0.4, 0.5) is 5.00 Å². The molecule has 0 saturated heterocycles. The summed E-state index contributed by atoms with van der Waals surface area (Å²) in [7, 11) is 0. The summed E-state index contributed by atoms with van der Waals surface area (Å²) in [4.78, 5) is 37.5. The van der Waals surface area contributed by atoms with E-state index in [1.54, 1.807) is 20.0 Å². The minimum absolute atomic E-state index is 0.0352. The number of amides is 1. The monoisotopic (exact) mass is 471 g/mol. The van der Waals surface area contributed by atoms with E-state index in [2.05, 4.69) is 26.3 Å². The predicted molar refractivity (Wildman–Crippen MR) is 109 cm³/mol. The number of anilines is 1. The van der Waals surface area contributed by atoms with Gasteiger partial charge in [0.25, 0.3) is 0 Å². The first-order valence-corrected chi connectivity index (χ1v) is 10.4. The second-order valence-corrected chi connectivity index (χ2v) is 7.78. The number of esters is 2. The van der Waals surface area contributed by atoms with Crippen LogP contribution < -0.4 is 5.32 Å². The van der Waals surface area contributed by atoms with Crippen molar-refractivity contribution in [3.05, 3.63) is 32.4 Å². The summed E-state index contributed by atoms with van der Waals surface area (Å²) in [5.74, 6) is -1.50. The Morgan fingerprint density at radius 3 is 2.50 bits per heavy atom. The molecule has 0 aromatic carbocycles.